The molecule has 0 bridgehead atoms. The van der Waals surface area contributed by atoms with Crippen molar-refractivity contribution in [2.75, 3.05) is 40.3 Å². The Morgan fingerprint density at radius 2 is 1.96 bits per heavy atom. The summed E-state index contributed by atoms with van der Waals surface area (Å²) in [5.41, 5.74) is 4.52. The van der Waals surface area contributed by atoms with Gasteiger partial charge in [0.25, 0.3) is 0 Å². The highest BCUT2D eigenvalue weighted by atomic mass is 19.1. The number of fused-ring (bicyclic) bond motifs is 2. The van der Waals surface area contributed by atoms with Crippen molar-refractivity contribution in [3.8, 4) is 11.1 Å². The first-order valence-corrected chi connectivity index (χ1v) is 9.68. The Kier molecular flexibility index (Phi) is 4.00. The zero-order chi connectivity index (χ0) is 19.3. The van der Waals surface area contributed by atoms with Crippen LogP contribution < -0.4 is 0 Å². The van der Waals surface area contributed by atoms with E-state index in [1.807, 2.05) is 30.5 Å². The van der Waals surface area contributed by atoms with Crippen LogP contribution in [0.4, 0.5) is 4.39 Å². The van der Waals surface area contributed by atoms with Crippen LogP contribution in [0.2, 0.25) is 0 Å². The van der Waals surface area contributed by atoms with Crippen LogP contribution in [0, 0.1) is 5.82 Å². The summed E-state index contributed by atoms with van der Waals surface area (Å²) < 4.78 is 20.6. The molecule has 0 spiro atoms. The summed E-state index contributed by atoms with van der Waals surface area (Å²) in [4.78, 5) is 10.2. The first-order valence-electron chi connectivity index (χ1n) is 9.68. The molecule has 0 aliphatic carbocycles. The average molecular weight is 379 g/mol. The molecule has 28 heavy (non-hydrogen) atoms. The number of nitrogens with one attached hydrogen (secondary N) is 1. The maximum absolute atomic E-state index is 13.4. The van der Waals surface area contributed by atoms with E-state index in [4.69, 9.17) is 4.42 Å². The molecule has 5 rings (SSSR count). The second kappa shape index (κ2) is 6.43. The van der Waals surface area contributed by atoms with Gasteiger partial charge in [0, 0.05) is 35.8 Å². The van der Waals surface area contributed by atoms with E-state index in [9.17, 15) is 4.39 Å². The molecule has 144 valence electrons. The maximum atomic E-state index is 13.4. The molecule has 1 N–H and O–H groups in total. The molecule has 4 aromatic rings. The third-order valence-corrected chi connectivity index (χ3v) is 5.79. The Labute approximate surface area is 163 Å². The van der Waals surface area contributed by atoms with Crippen molar-refractivity contribution >= 4 is 22.0 Å². The smallest absolute Gasteiger partial charge is 0.209 e. The highest BCUT2D eigenvalue weighted by Crippen LogP contribution is 2.31. The molecule has 0 unspecified atom stereocenters. The SMILES string of the molecule is C[N+]1(C)CCN(Cc2nc3ccc(-c4c[nH]c5cc(F)ccc45)cc3o2)CC1. The number of piperazine rings is 1. The van der Waals surface area contributed by atoms with Gasteiger partial charge in [0.1, 0.15) is 11.3 Å². The van der Waals surface area contributed by atoms with Gasteiger partial charge < -0.3 is 13.9 Å². The Morgan fingerprint density at radius 3 is 2.79 bits per heavy atom. The molecule has 6 heteroatoms. The van der Waals surface area contributed by atoms with E-state index in [1.54, 1.807) is 0 Å². The molecule has 1 aliphatic heterocycles. The molecule has 0 radical (unpaired) electrons. The van der Waals surface area contributed by atoms with Crippen molar-refractivity contribution in [3.05, 3.63) is 54.3 Å². The summed E-state index contributed by atoms with van der Waals surface area (Å²) in [6.07, 6.45) is 1.91. The topological polar surface area (TPSA) is 45.1 Å². The maximum Gasteiger partial charge on any atom is 0.209 e. The third kappa shape index (κ3) is 3.19. The normalized spacial score (nSPS) is 17.5. The Morgan fingerprint density at radius 1 is 1.14 bits per heavy atom. The van der Waals surface area contributed by atoms with Gasteiger partial charge >= 0.3 is 0 Å². The molecule has 3 heterocycles. The highest BCUT2D eigenvalue weighted by molar-refractivity contribution is 5.97. The number of halogens is 1. The number of quaternary nitrogens is 1. The molecule has 1 aliphatic rings. The van der Waals surface area contributed by atoms with Crippen LogP contribution in [0.3, 0.4) is 0 Å². The molecule has 2 aromatic heterocycles. The van der Waals surface area contributed by atoms with Gasteiger partial charge in [-0.1, -0.05) is 6.07 Å². The minimum absolute atomic E-state index is 0.240. The van der Waals surface area contributed by atoms with Crippen LogP contribution in [0.25, 0.3) is 33.1 Å². The Hall–Kier alpha value is -2.70. The largest absolute Gasteiger partial charge is 0.439 e. The van der Waals surface area contributed by atoms with Gasteiger partial charge in [-0.25, -0.2) is 9.37 Å². The third-order valence-electron chi connectivity index (χ3n) is 5.79. The van der Waals surface area contributed by atoms with Crippen LogP contribution in [0.5, 0.6) is 0 Å². The molecule has 0 amide bonds. The van der Waals surface area contributed by atoms with E-state index < -0.39 is 0 Å². The molecule has 1 saturated heterocycles. The van der Waals surface area contributed by atoms with Crippen LogP contribution in [-0.4, -0.2) is 59.6 Å². The summed E-state index contributed by atoms with van der Waals surface area (Å²) in [6.45, 7) is 5.15. The molecule has 1 fully saturated rings. The zero-order valence-corrected chi connectivity index (χ0v) is 16.2. The summed E-state index contributed by atoms with van der Waals surface area (Å²) in [5.74, 6) is 0.525. The Balaban J connectivity index is 1.42. The monoisotopic (exact) mass is 379 g/mol. The molecular formula is C22H24FN4O+. The fourth-order valence-electron chi connectivity index (χ4n) is 3.94. The first-order chi connectivity index (χ1) is 13.5. The van der Waals surface area contributed by atoms with Gasteiger partial charge in [0.15, 0.2) is 5.58 Å². The number of likely N-dealkylation sites (N-methyl/N-ethyl adjacent to an activating group) is 1. The number of oxazole rings is 1. The summed E-state index contributed by atoms with van der Waals surface area (Å²) >= 11 is 0. The fraction of sp³-hybridized carbons (Fsp3) is 0.318. The lowest BCUT2D eigenvalue weighted by Gasteiger charge is -2.38. The number of hydrogen-bond donors (Lipinski definition) is 1. The summed E-state index contributed by atoms with van der Waals surface area (Å²) in [7, 11) is 4.55. The van der Waals surface area contributed by atoms with Gasteiger partial charge in [0.05, 0.1) is 33.7 Å². The number of aromatic nitrogens is 2. The van der Waals surface area contributed by atoms with Gasteiger partial charge in [-0.3, -0.25) is 4.90 Å². The van der Waals surface area contributed by atoms with Crippen molar-refractivity contribution in [2.45, 2.75) is 6.54 Å². The minimum Gasteiger partial charge on any atom is -0.439 e. The number of nitrogens with zero attached hydrogens (tertiary/aromatic N) is 3. The average Bonchev–Trinajstić information content (AvgIpc) is 3.25. The van der Waals surface area contributed by atoms with E-state index in [1.165, 1.54) is 12.1 Å². The van der Waals surface area contributed by atoms with E-state index >= 15 is 0 Å². The number of benzene rings is 2. The van der Waals surface area contributed by atoms with Gasteiger partial charge in [-0.2, -0.15) is 0 Å². The Bertz CT molecular complexity index is 1150. The lowest BCUT2D eigenvalue weighted by molar-refractivity contribution is -0.894. The predicted octanol–water partition coefficient (Wildman–Crippen LogP) is 4.01. The number of aromatic amines is 1. The summed E-state index contributed by atoms with van der Waals surface area (Å²) in [6, 6.07) is 10.9. The lowest BCUT2D eigenvalue weighted by Crippen LogP contribution is -2.54. The first kappa shape index (κ1) is 17.4. The number of H-pyrrole nitrogens is 1. The van der Waals surface area contributed by atoms with E-state index in [0.717, 1.165) is 76.2 Å². The second-order valence-electron chi connectivity index (χ2n) is 8.34. The number of rotatable bonds is 3. The van der Waals surface area contributed by atoms with Crippen LogP contribution in [0.1, 0.15) is 5.89 Å². The van der Waals surface area contributed by atoms with E-state index in [-0.39, 0.29) is 5.82 Å². The molecule has 2 aromatic carbocycles. The van der Waals surface area contributed by atoms with Crippen molar-refractivity contribution in [2.24, 2.45) is 0 Å². The van der Waals surface area contributed by atoms with Crippen molar-refractivity contribution in [3.63, 3.8) is 0 Å². The second-order valence-corrected chi connectivity index (χ2v) is 8.34. The van der Waals surface area contributed by atoms with Crippen LogP contribution in [0.15, 0.2) is 47.0 Å². The van der Waals surface area contributed by atoms with E-state index in [2.05, 4.69) is 29.0 Å². The van der Waals surface area contributed by atoms with Gasteiger partial charge in [0.2, 0.25) is 5.89 Å². The molecule has 0 saturated carbocycles. The molecule has 0 atom stereocenters. The fourth-order valence-corrected chi connectivity index (χ4v) is 3.94. The summed E-state index contributed by atoms with van der Waals surface area (Å²) in [5, 5.41) is 0.995. The quantitative estimate of drug-likeness (QED) is 0.547. The van der Waals surface area contributed by atoms with Crippen molar-refractivity contribution < 1.29 is 13.3 Å². The predicted molar refractivity (Wildman–Crippen MR) is 108 cm³/mol. The molecular weight excluding hydrogens is 355 g/mol. The minimum atomic E-state index is -0.240. The lowest BCUT2D eigenvalue weighted by atomic mass is 10.0. The zero-order valence-electron chi connectivity index (χ0n) is 16.2. The van der Waals surface area contributed by atoms with Crippen molar-refractivity contribution in [1.29, 1.82) is 0 Å². The van der Waals surface area contributed by atoms with Crippen molar-refractivity contribution in [1.82, 2.24) is 14.9 Å². The molecule has 5 nitrogen and oxygen atoms in total. The van der Waals surface area contributed by atoms with Crippen LogP contribution >= 0.6 is 0 Å². The van der Waals surface area contributed by atoms with E-state index in [0.29, 0.717) is 0 Å². The van der Waals surface area contributed by atoms with Crippen LogP contribution in [-0.2, 0) is 6.54 Å². The van der Waals surface area contributed by atoms with Gasteiger partial charge in [-0.15, -0.1) is 0 Å². The van der Waals surface area contributed by atoms with Gasteiger partial charge in [-0.05, 0) is 35.9 Å². The number of hydrogen-bond acceptors (Lipinski definition) is 3. The highest BCUT2D eigenvalue weighted by Gasteiger charge is 2.25. The standard InChI is InChI=1S/C22H24FN4O/c1-27(2)9-7-26(8-10-27)14-22-25-19-6-3-15(11-21(19)28-22)18-13-24-20-12-16(23)4-5-17(18)20/h3-6,11-13,24H,7-10,14H2,1-2H3/q+1.